The number of sulfonamides is 1. The van der Waals surface area contributed by atoms with E-state index in [0.717, 1.165) is 34.4 Å². The molecule has 10 heteroatoms. The maximum absolute atomic E-state index is 13.6. The van der Waals surface area contributed by atoms with Gasteiger partial charge in [0.05, 0.1) is 23.7 Å². The van der Waals surface area contributed by atoms with Crippen LogP contribution in [-0.4, -0.2) is 56.6 Å². The average Bonchev–Trinajstić information content (AvgIpc) is 3.10. The first kappa shape index (κ1) is 36.1. The molecular formula is C39H45N3O6S. The fraction of sp³-hybridized carbons (Fsp3) is 0.308. The number of carbonyl (C=O) groups is 1. The van der Waals surface area contributed by atoms with Crippen molar-refractivity contribution in [1.29, 1.82) is 0 Å². The fourth-order valence-electron chi connectivity index (χ4n) is 5.89. The van der Waals surface area contributed by atoms with Gasteiger partial charge in [0.15, 0.2) is 6.29 Å². The molecule has 1 aliphatic heterocycles. The van der Waals surface area contributed by atoms with Gasteiger partial charge in [0.25, 0.3) is 0 Å². The molecule has 4 aromatic carbocycles. The molecule has 0 saturated carbocycles. The molecule has 258 valence electrons. The summed E-state index contributed by atoms with van der Waals surface area (Å²) in [4.78, 5) is 15.9. The second-order valence-electron chi connectivity index (χ2n) is 12.6. The third-order valence-electron chi connectivity index (χ3n) is 8.73. The number of anilines is 1. The van der Waals surface area contributed by atoms with Gasteiger partial charge in [-0.2, -0.15) is 4.72 Å². The molecule has 5 rings (SSSR count). The minimum Gasteiger partial charge on any atom is -0.392 e. The molecule has 0 unspecified atom stereocenters. The molecule has 1 amide bonds. The van der Waals surface area contributed by atoms with Crippen LogP contribution in [0.4, 0.5) is 5.69 Å². The summed E-state index contributed by atoms with van der Waals surface area (Å²) >= 11 is 0. The lowest BCUT2D eigenvalue weighted by Crippen LogP contribution is -2.45. The number of aliphatic hydroxyl groups excluding tert-OH is 1. The highest BCUT2D eigenvalue weighted by atomic mass is 32.2. The Hall–Kier alpha value is -4.16. The molecule has 0 aliphatic carbocycles. The van der Waals surface area contributed by atoms with E-state index in [1.54, 1.807) is 24.3 Å². The Morgan fingerprint density at radius 1 is 0.918 bits per heavy atom. The van der Waals surface area contributed by atoms with Crippen LogP contribution in [0.25, 0.3) is 0 Å². The Bertz CT molecular complexity index is 1780. The van der Waals surface area contributed by atoms with Crippen LogP contribution in [0.5, 0.6) is 0 Å². The van der Waals surface area contributed by atoms with Crippen molar-refractivity contribution in [1.82, 2.24) is 9.62 Å². The summed E-state index contributed by atoms with van der Waals surface area (Å²) in [5.41, 5.74) is 4.86. The van der Waals surface area contributed by atoms with Crippen LogP contribution in [0, 0.1) is 12.8 Å². The van der Waals surface area contributed by atoms with E-state index < -0.39 is 28.3 Å². The molecular weight excluding hydrogens is 639 g/mol. The molecule has 4 aromatic rings. The van der Waals surface area contributed by atoms with Crippen molar-refractivity contribution in [2.75, 3.05) is 25.5 Å². The van der Waals surface area contributed by atoms with Crippen molar-refractivity contribution >= 4 is 21.6 Å². The van der Waals surface area contributed by atoms with Gasteiger partial charge in [0.1, 0.15) is 6.04 Å². The zero-order valence-corrected chi connectivity index (χ0v) is 29.0. The highest BCUT2D eigenvalue weighted by Gasteiger charge is 2.38. The average molecular weight is 684 g/mol. The lowest BCUT2D eigenvalue weighted by Gasteiger charge is -2.42. The molecule has 1 saturated heterocycles. The van der Waals surface area contributed by atoms with Gasteiger partial charge in [-0.25, -0.2) is 8.42 Å². The van der Waals surface area contributed by atoms with Crippen molar-refractivity contribution in [2.24, 2.45) is 5.92 Å². The number of aliphatic hydroxyl groups is 1. The minimum absolute atomic E-state index is 0.0312. The van der Waals surface area contributed by atoms with Gasteiger partial charge >= 0.3 is 0 Å². The third-order valence-corrected chi connectivity index (χ3v) is 10.2. The highest BCUT2D eigenvalue weighted by Crippen LogP contribution is 2.42. The number of hydrogen-bond donors (Lipinski definition) is 3. The summed E-state index contributed by atoms with van der Waals surface area (Å²) in [5.74, 6) is -0.449. The predicted octanol–water partition coefficient (Wildman–Crippen LogP) is 5.92. The molecule has 5 atom stereocenters. The van der Waals surface area contributed by atoms with Crippen LogP contribution in [0.3, 0.4) is 0 Å². The Kier molecular flexibility index (Phi) is 12.2. The monoisotopic (exact) mass is 683 g/mol. The number of carbonyl (C=O) groups excluding carboxylic acids is 1. The second kappa shape index (κ2) is 16.5. The maximum Gasteiger partial charge on any atom is 0.242 e. The zero-order chi connectivity index (χ0) is 35.0. The minimum atomic E-state index is -3.97. The summed E-state index contributed by atoms with van der Waals surface area (Å²) in [6.45, 7) is 9.21. The summed E-state index contributed by atoms with van der Waals surface area (Å²) in [6, 6.07) is 29.7. The van der Waals surface area contributed by atoms with Crippen molar-refractivity contribution in [2.45, 2.75) is 56.3 Å². The van der Waals surface area contributed by atoms with E-state index in [1.165, 1.54) is 12.1 Å². The second-order valence-corrected chi connectivity index (χ2v) is 14.3. The van der Waals surface area contributed by atoms with Crippen LogP contribution in [0.15, 0.2) is 121 Å². The van der Waals surface area contributed by atoms with Crippen LogP contribution in [0.1, 0.15) is 47.1 Å². The van der Waals surface area contributed by atoms with Gasteiger partial charge in [-0.05, 0) is 61.3 Å². The molecule has 0 radical (unpaired) electrons. The Labute approximate surface area is 289 Å². The largest absolute Gasteiger partial charge is 0.392 e. The van der Waals surface area contributed by atoms with Crippen molar-refractivity contribution in [3.63, 3.8) is 0 Å². The number of rotatable bonds is 14. The molecule has 49 heavy (non-hydrogen) atoms. The van der Waals surface area contributed by atoms with E-state index in [2.05, 4.69) is 28.4 Å². The van der Waals surface area contributed by atoms with Crippen molar-refractivity contribution < 1.29 is 27.8 Å². The molecule has 3 N–H and O–H groups in total. The SMILES string of the molecule is C=CCN(C)C[C@H]1O[C@@H](c2ccc(NC(=O)[C@@H](Cc3ccccc3)NS(=O)(=O)c3ccc(C)cc3)cc2)O[C@@H](c2ccc(CO)cc2)[C@H]1C. The number of hydrogen-bond acceptors (Lipinski definition) is 7. The van der Waals surface area contributed by atoms with Gasteiger partial charge < -0.3 is 24.8 Å². The summed E-state index contributed by atoms with van der Waals surface area (Å²) in [6.07, 6.45) is 0.953. The number of likely N-dealkylation sites (N-methyl/N-ethyl adjacent to an activating group) is 1. The highest BCUT2D eigenvalue weighted by molar-refractivity contribution is 7.89. The summed E-state index contributed by atoms with van der Waals surface area (Å²) in [5, 5.41) is 12.4. The lowest BCUT2D eigenvalue weighted by molar-refractivity contribution is -0.275. The molecule has 0 bridgehead atoms. The number of amides is 1. The van der Waals surface area contributed by atoms with Crippen LogP contribution < -0.4 is 10.0 Å². The smallest absolute Gasteiger partial charge is 0.242 e. The molecule has 1 aliphatic rings. The van der Waals surface area contributed by atoms with E-state index in [0.29, 0.717) is 12.2 Å². The summed E-state index contributed by atoms with van der Waals surface area (Å²) in [7, 11) is -1.95. The van der Waals surface area contributed by atoms with Gasteiger partial charge in [0, 0.05) is 30.3 Å². The lowest BCUT2D eigenvalue weighted by atomic mass is 9.90. The summed E-state index contributed by atoms with van der Waals surface area (Å²) < 4.78 is 42.3. The van der Waals surface area contributed by atoms with Gasteiger partial charge in [-0.1, -0.05) is 97.4 Å². The number of nitrogens with one attached hydrogen (secondary N) is 2. The van der Waals surface area contributed by atoms with Crippen LogP contribution in [-0.2, 0) is 37.3 Å². The van der Waals surface area contributed by atoms with Gasteiger partial charge in [-0.3, -0.25) is 4.79 Å². The Morgan fingerprint density at radius 2 is 1.57 bits per heavy atom. The topological polar surface area (TPSA) is 117 Å². The third kappa shape index (κ3) is 9.51. The van der Waals surface area contributed by atoms with Gasteiger partial charge in [-0.15, -0.1) is 6.58 Å². The Morgan fingerprint density at radius 3 is 2.20 bits per heavy atom. The number of aryl methyl sites for hydroxylation is 1. The number of nitrogens with zero attached hydrogens (tertiary/aromatic N) is 1. The van der Waals surface area contributed by atoms with E-state index in [4.69, 9.17) is 9.47 Å². The van der Waals surface area contributed by atoms with E-state index >= 15 is 0 Å². The molecule has 0 spiro atoms. The molecule has 9 nitrogen and oxygen atoms in total. The Balaban J connectivity index is 1.34. The first-order chi connectivity index (χ1) is 23.6. The van der Waals surface area contributed by atoms with Crippen LogP contribution in [0.2, 0.25) is 0 Å². The standard InChI is InChI=1S/C39H45N3O6S/c1-5-23-42(4)25-36-28(3)37(31-15-13-30(26-43)14-16-31)48-39(47-36)32-17-19-33(20-18-32)40-38(44)35(24-29-9-7-6-8-10-29)41-49(45,46)34-21-11-27(2)12-22-34/h5-22,28,35-37,39,41,43H,1,23-26H2,2-4H3,(H,40,44)/t28-,35+,36+,37+,39+/m0/s1. The van der Waals surface area contributed by atoms with E-state index in [1.807, 2.05) is 86.8 Å². The fourth-order valence-corrected chi connectivity index (χ4v) is 7.09. The molecule has 0 aromatic heterocycles. The maximum atomic E-state index is 13.6. The van der Waals surface area contributed by atoms with Crippen molar-refractivity contribution in [3.05, 3.63) is 144 Å². The normalized spacial score (nSPS) is 20.1. The van der Waals surface area contributed by atoms with Gasteiger partial charge in [0.2, 0.25) is 15.9 Å². The first-order valence-corrected chi connectivity index (χ1v) is 17.9. The van der Waals surface area contributed by atoms with Crippen LogP contribution >= 0.6 is 0 Å². The van der Waals surface area contributed by atoms with E-state index in [-0.39, 0.29) is 36.0 Å². The predicted molar refractivity (Wildman–Crippen MR) is 191 cm³/mol. The number of benzene rings is 4. The van der Waals surface area contributed by atoms with E-state index in [9.17, 15) is 18.3 Å². The molecule has 1 heterocycles. The molecule has 1 fully saturated rings. The van der Waals surface area contributed by atoms with Crippen molar-refractivity contribution in [3.8, 4) is 0 Å². The first-order valence-electron chi connectivity index (χ1n) is 16.4. The zero-order valence-electron chi connectivity index (χ0n) is 28.2. The number of ether oxygens (including phenoxy) is 2. The quantitative estimate of drug-likeness (QED) is 0.141.